The number of nitrogens with zero attached hydrogens (tertiary/aromatic N) is 1. The summed E-state index contributed by atoms with van der Waals surface area (Å²) >= 11 is 3.54. The molecule has 1 fully saturated rings. The van der Waals surface area contributed by atoms with E-state index in [1.165, 1.54) is 17.7 Å². The van der Waals surface area contributed by atoms with Crippen LogP contribution in [0.15, 0.2) is 59.1 Å². The van der Waals surface area contributed by atoms with Crippen LogP contribution in [0, 0.1) is 0 Å². The lowest BCUT2D eigenvalue weighted by molar-refractivity contribution is 0.466. The van der Waals surface area contributed by atoms with E-state index in [2.05, 4.69) is 75.4 Å². The van der Waals surface area contributed by atoms with Gasteiger partial charge in [0.25, 0.3) is 0 Å². The molecule has 1 nitrogen and oxygen atoms in total. The Kier molecular flexibility index (Phi) is 2.89. The zero-order valence-corrected chi connectivity index (χ0v) is 11.1. The van der Waals surface area contributed by atoms with Gasteiger partial charge in [-0.1, -0.05) is 46.3 Å². The second-order valence-corrected chi connectivity index (χ2v) is 5.30. The summed E-state index contributed by atoms with van der Waals surface area (Å²) in [6.07, 6.45) is 1.24. The van der Waals surface area contributed by atoms with Crippen LogP contribution < -0.4 is 4.90 Å². The molecule has 17 heavy (non-hydrogen) atoms. The van der Waals surface area contributed by atoms with E-state index in [-0.39, 0.29) is 0 Å². The van der Waals surface area contributed by atoms with Gasteiger partial charge < -0.3 is 4.90 Å². The Bertz CT molecular complexity index is 509. The first-order valence-electron chi connectivity index (χ1n) is 5.92. The Balaban J connectivity index is 1.86. The van der Waals surface area contributed by atoms with E-state index in [0.29, 0.717) is 6.04 Å². The summed E-state index contributed by atoms with van der Waals surface area (Å²) in [7, 11) is 0. The van der Waals surface area contributed by atoms with Gasteiger partial charge in [-0.15, -0.1) is 0 Å². The fourth-order valence-electron chi connectivity index (χ4n) is 2.38. The van der Waals surface area contributed by atoms with Gasteiger partial charge in [0, 0.05) is 16.7 Å². The van der Waals surface area contributed by atoms with Gasteiger partial charge in [0.1, 0.15) is 0 Å². The highest BCUT2D eigenvalue weighted by atomic mass is 79.9. The van der Waals surface area contributed by atoms with Crippen LogP contribution in [0.3, 0.4) is 0 Å². The van der Waals surface area contributed by atoms with Crippen LogP contribution in [0.25, 0.3) is 0 Å². The van der Waals surface area contributed by atoms with Crippen LogP contribution in [-0.4, -0.2) is 6.54 Å². The van der Waals surface area contributed by atoms with E-state index < -0.39 is 0 Å². The number of rotatable bonds is 2. The van der Waals surface area contributed by atoms with Crippen LogP contribution in [0.2, 0.25) is 0 Å². The van der Waals surface area contributed by atoms with Gasteiger partial charge in [0.15, 0.2) is 0 Å². The van der Waals surface area contributed by atoms with Crippen molar-refractivity contribution >= 4 is 21.6 Å². The summed E-state index contributed by atoms with van der Waals surface area (Å²) in [4.78, 5) is 2.46. The van der Waals surface area contributed by atoms with Gasteiger partial charge in [-0.05, 0) is 36.2 Å². The smallest absolute Gasteiger partial charge is 0.0559 e. The Morgan fingerprint density at radius 1 is 1.00 bits per heavy atom. The third kappa shape index (κ3) is 2.09. The molecule has 0 aromatic heterocycles. The molecule has 0 radical (unpaired) electrons. The monoisotopic (exact) mass is 287 g/mol. The van der Waals surface area contributed by atoms with Gasteiger partial charge in [0.2, 0.25) is 0 Å². The Morgan fingerprint density at radius 2 is 1.82 bits per heavy atom. The standard InChI is InChI=1S/C15H14BrN/c16-13-6-4-5-12(11-13)15-9-10-17(15)14-7-2-1-3-8-14/h1-8,11,15H,9-10H2. The molecule has 2 aromatic carbocycles. The highest BCUT2D eigenvalue weighted by molar-refractivity contribution is 9.10. The molecule has 0 aliphatic carbocycles. The summed E-state index contributed by atoms with van der Waals surface area (Å²) in [5.74, 6) is 0. The van der Waals surface area contributed by atoms with E-state index >= 15 is 0 Å². The molecule has 0 amide bonds. The summed E-state index contributed by atoms with van der Waals surface area (Å²) < 4.78 is 1.16. The van der Waals surface area contributed by atoms with Crippen LogP contribution in [0.1, 0.15) is 18.0 Å². The first-order chi connectivity index (χ1) is 8.34. The van der Waals surface area contributed by atoms with Crippen LogP contribution >= 0.6 is 15.9 Å². The molecule has 0 bridgehead atoms. The van der Waals surface area contributed by atoms with Crippen molar-refractivity contribution in [2.75, 3.05) is 11.4 Å². The Labute approximate surface area is 110 Å². The van der Waals surface area contributed by atoms with Crippen molar-refractivity contribution in [3.8, 4) is 0 Å². The summed E-state index contributed by atoms with van der Waals surface area (Å²) in [5.41, 5.74) is 2.72. The SMILES string of the molecule is Brc1cccc(C2CCN2c2ccccc2)c1. The molecule has 1 heterocycles. The fourth-order valence-corrected chi connectivity index (χ4v) is 2.79. The molecular formula is C15H14BrN. The normalized spacial score (nSPS) is 18.9. The first-order valence-corrected chi connectivity index (χ1v) is 6.71. The van der Waals surface area contributed by atoms with Crippen molar-refractivity contribution < 1.29 is 0 Å². The minimum absolute atomic E-state index is 0.537. The van der Waals surface area contributed by atoms with Gasteiger partial charge >= 0.3 is 0 Å². The predicted molar refractivity (Wildman–Crippen MR) is 75.3 cm³/mol. The van der Waals surface area contributed by atoms with Crippen LogP contribution in [0.5, 0.6) is 0 Å². The van der Waals surface area contributed by atoms with Crippen molar-refractivity contribution in [1.29, 1.82) is 0 Å². The number of benzene rings is 2. The van der Waals surface area contributed by atoms with Gasteiger partial charge in [-0.3, -0.25) is 0 Å². The molecule has 0 N–H and O–H groups in total. The largest absolute Gasteiger partial charge is 0.364 e. The van der Waals surface area contributed by atoms with E-state index in [0.717, 1.165) is 11.0 Å². The van der Waals surface area contributed by atoms with Gasteiger partial charge in [-0.2, -0.15) is 0 Å². The highest BCUT2D eigenvalue weighted by Crippen LogP contribution is 2.37. The predicted octanol–water partition coefficient (Wildman–Crippen LogP) is 4.40. The van der Waals surface area contributed by atoms with E-state index in [1.807, 2.05) is 0 Å². The quantitative estimate of drug-likeness (QED) is 0.791. The summed E-state index contributed by atoms with van der Waals surface area (Å²) in [6, 6.07) is 19.8. The van der Waals surface area contributed by atoms with Crippen molar-refractivity contribution in [2.45, 2.75) is 12.5 Å². The third-order valence-corrected chi connectivity index (χ3v) is 3.83. The molecule has 1 aliphatic heterocycles. The lowest BCUT2D eigenvalue weighted by atomic mass is 9.94. The van der Waals surface area contributed by atoms with Crippen LogP contribution in [0.4, 0.5) is 5.69 Å². The molecule has 1 saturated heterocycles. The average Bonchev–Trinajstić information content (AvgIpc) is 2.29. The fraction of sp³-hybridized carbons (Fsp3) is 0.200. The topological polar surface area (TPSA) is 3.24 Å². The Morgan fingerprint density at radius 3 is 2.47 bits per heavy atom. The molecule has 2 heteroatoms. The van der Waals surface area contributed by atoms with Crippen molar-refractivity contribution in [3.63, 3.8) is 0 Å². The molecular weight excluding hydrogens is 274 g/mol. The van der Waals surface area contributed by atoms with E-state index in [9.17, 15) is 0 Å². The zero-order valence-electron chi connectivity index (χ0n) is 9.51. The Hall–Kier alpha value is -1.28. The maximum atomic E-state index is 3.54. The van der Waals surface area contributed by atoms with Crippen molar-refractivity contribution in [1.82, 2.24) is 0 Å². The number of hydrogen-bond donors (Lipinski definition) is 0. The van der Waals surface area contributed by atoms with Gasteiger partial charge in [0.05, 0.1) is 6.04 Å². The first kappa shape index (κ1) is 10.8. The lowest BCUT2D eigenvalue weighted by Crippen LogP contribution is -2.40. The van der Waals surface area contributed by atoms with Gasteiger partial charge in [-0.25, -0.2) is 0 Å². The second-order valence-electron chi connectivity index (χ2n) is 4.39. The van der Waals surface area contributed by atoms with Crippen molar-refractivity contribution in [2.24, 2.45) is 0 Å². The maximum absolute atomic E-state index is 3.54. The molecule has 3 rings (SSSR count). The molecule has 86 valence electrons. The summed E-state index contributed by atoms with van der Waals surface area (Å²) in [5, 5.41) is 0. The molecule has 0 spiro atoms. The minimum Gasteiger partial charge on any atom is -0.364 e. The van der Waals surface area contributed by atoms with Crippen LogP contribution in [-0.2, 0) is 0 Å². The minimum atomic E-state index is 0.537. The average molecular weight is 288 g/mol. The highest BCUT2D eigenvalue weighted by Gasteiger charge is 2.29. The van der Waals surface area contributed by atoms with Crippen molar-refractivity contribution in [3.05, 3.63) is 64.6 Å². The maximum Gasteiger partial charge on any atom is 0.0559 e. The molecule has 0 saturated carbocycles. The van der Waals surface area contributed by atoms with E-state index in [1.54, 1.807) is 0 Å². The zero-order chi connectivity index (χ0) is 11.7. The molecule has 1 aliphatic rings. The molecule has 1 atom stereocenters. The lowest BCUT2D eigenvalue weighted by Gasteiger charge is -2.43. The number of halogens is 1. The third-order valence-electron chi connectivity index (χ3n) is 3.34. The molecule has 2 aromatic rings. The van der Waals surface area contributed by atoms with E-state index in [4.69, 9.17) is 0 Å². The number of anilines is 1. The summed E-state index contributed by atoms with van der Waals surface area (Å²) in [6.45, 7) is 1.15. The second kappa shape index (κ2) is 4.53. The molecule has 1 unspecified atom stereocenters. The number of hydrogen-bond acceptors (Lipinski definition) is 1. The number of para-hydroxylation sites is 1.